The summed E-state index contributed by atoms with van der Waals surface area (Å²) in [5, 5.41) is 20.4. The molecule has 0 bridgehead atoms. The number of aliphatic hydroxyl groups is 2. The van der Waals surface area contributed by atoms with Crippen molar-refractivity contribution in [2.24, 2.45) is 0 Å². The van der Waals surface area contributed by atoms with Gasteiger partial charge in [0, 0.05) is 43.9 Å². The molecule has 0 saturated heterocycles. The number of ether oxygens (including phenoxy) is 8. The summed E-state index contributed by atoms with van der Waals surface area (Å²) < 4.78 is 57.9. The lowest BCUT2D eigenvalue weighted by atomic mass is 9.99. The lowest BCUT2D eigenvalue weighted by Gasteiger charge is -2.18. The molecular weight excluding hydrogens is 947 g/mol. The van der Waals surface area contributed by atoms with Crippen molar-refractivity contribution in [1.29, 1.82) is 0 Å². The van der Waals surface area contributed by atoms with E-state index in [0.717, 1.165) is 28.0 Å². The quantitative estimate of drug-likeness (QED) is 0.0691. The number of rotatable bonds is 16. The third-order valence-corrected chi connectivity index (χ3v) is 11.3. The number of nitrogens with zero attached hydrogens (tertiary/aromatic N) is 2. The molecule has 0 unspecified atom stereocenters. The highest BCUT2D eigenvalue weighted by molar-refractivity contribution is 6.32. The first-order chi connectivity index (χ1) is 34.8. The summed E-state index contributed by atoms with van der Waals surface area (Å²) in [4.78, 5) is 32.6. The zero-order chi connectivity index (χ0) is 51.3. The first-order valence-corrected chi connectivity index (χ1v) is 23.2. The minimum absolute atomic E-state index is 0.119. The molecule has 372 valence electrons. The van der Waals surface area contributed by atoms with Crippen molar-refractivity contribution in [2.75, 3.05) is 26.8 Å². The molecular formula is C56H52ClFN2O12. The van der Waals surface area contributed by atoms with Gasteiger partial charge in [0.25, 0.3) is 0 Å². The van der Waals surface area contributed by atoms with Gasteiger partial charge >= 0.3 is 12.3 Å². The molecule has 2 heterocycles. The van der Waals surface area contributed by atoms with Crippen LogP contribution in [0.5, 0.6) is 34.5 Å². The van der Waals surface area contributed by atoms with E-state index >= 15 is 0 Å². The van der Waals surface area contributed by atoms with Crippen LogP contribution in [0.4, 0.5) is 14.0 Å². The van der Waals surface area contributed by atoms with Crippen LogP contribution in [0, 0.1) is 33.5 Å². The maximum Gasteiger partial charge on any atom is 0.511 e. The molecule has 2 aromatic heterocycles. The van der Waals surface area contributed by atoms with E-state index in [9.17, 15) is 24.2 Å². The molecule has 16 heteroatoms. The predicted octanol–water partition coefficient (Wildman–Crippen LogP) is 13.4. The number of pyridine rings is 2. The summed E-state index contributed by atoms with van der Waals surface area (Å²) in [5.74, 6) is 2.91. The van der Waals surface area contributed by atoms with Crippen molar-refractivity contribution in [3.63, 3.8) is 0 Å². The van der Waals surface area contributed by atoms with Crippen molar-refractivity contribution in [2.45, 2.75) is 54.8 Å². The summed E-state index contributed by atoms with van der Waals surface area (Å²) in [6.45, 7) is 9.90. The highest BCUT2D eigenvalue weighted by atomic mass is 35.5. The lowest BCUT2D eigenvalue weighted by Crippen LogP contribution is -2.13. The van der Waals surface area contributed by atoms with Crippen LogP contribution in [0.25, 0.3) is 44.1 Å². The van der Waals surface area contributed by atoms with E-state index in [1.165, 1.54) is 12.1 Å². The Morgan fingerprint density at radius 1 is 0.528 bits per heavy atom. The van der Waals surface area contributed by atoms with Crippen molar-refractivity contribution >= 4 is 45.7 Å². The van der Waals surface area contributed by atoms with E-state index in [1.807, 2.05) is 118 Å². The van der Waals surface area contributed by atoms with Crippen LogP contribution in [0.15, 0.2) is 121 Å². The number of aryl methyl sites for hydroxylation is 4. The first kappa shape index (κ1) is 51.9. The van der Waals surface area contributed by atoms with Crippen LogP contribution in [-0.4, -0.2) is 59.3 Å². The van der Waals surface area contributed by atoms with Crippen LogP contribution < -0.4 is 18.9 Å². The van der Waals surface area contributed by atoms with Gasteiger partial charge in [-0.15, -0.1) is 0 Å². The number of hydrogen-bond acceptors (Lipinski definition) is 14. The normalized spacial score (nSPS) is 10.8. The van der Waals surface area contributed by atoms with Gasteiger partial charge in [-0.2, -0.15) is 0 Å². The number of aliphatic hydroxyl groups excluding tert-OH is 2. The summed E-state index contributed by atoms with van der Waals surface area (Å²) in [7, 11) is 0. The second kappa shape index (κ2) is 24.2. The molecule has 0 aliphatic rings. The van der Waals surface area contributed by atoms with Gasteiger partial charge in [-0.05, 0) is 131 Å². The van der Waals surface area contributed by atoms with Crippen LogP contribution in [0.1, 0.15) is 47.5 Å². The largest absolute Gasteiger partial charge is 0.511 e. The monoisotopic (exact) mass is 998 g/mol. The Morgan fingerprint density at radius 2 is 0.903 bits per heavy atom. The molecule has 8 rings (SSSR count). The highest BCUT2D eigenvalue weighted by Crippen LogP contribution is 2.42. The number of carbonyl (C=O) groups is 2. The van der Waals surface area contributed by atoms with E-state index < -0.39 is 31.5 Å². The second-order valence-corrected chi connectivity index (χ2v) is 16.5. The number of hydrogen-bond donors (Lipinski definition) is 2. The summed E-state index contributed by atoms with van der Waals surface area (Å²) in [6.07, 6.45) is -1.70. The minimum atomic E-state index is -0.875. The molecule has 0 aliphatic heterocycles. The Labute approximate surface area is 420 Å². The van der Waals surface area contributed by atoms with Gasteiger partial charge in [0.1, 0.15) is 40.3 Å². The van der Waals surface area contributed by atoms with Crippen LogP contribution in [-0.2, 0) is 32.2 Å². The molecule has 6 aromatic carbocycles. The standard InChI is InChI=1S/C28H26ClNO6.C28H26FNO6/c2*1-4-33-28(32)35-16-34-27-23-14-24(29)20(15-31)13-25(23)30-18(3)26(27)19-7-11-22(12-8-19)36-21-9-5-17(2)6-10-21/h2*5-14,31H,4,15-16H2,1-3H3. The maximum absolute atomic E-state index is 14.6. The average molecular weight is 999 g/mol. The van der Waals surface area contributed by atoms with Crippen LogP contribution >= 0.6 is 11.6 Å². The van der Waals surface area contributed by atoms with Crippen molar-refractivity contribution in [3.8, 4) is 56.8 Å². The van der Waals surface area contributed by atoms with E-state index in [-0.39, 0.29) is 37.9 Å². The Bertz CT molecular complexity index is 2960. The molecule has 0 saturated carbocycles. The van der Waals surface area contributed by atoms with Crippen molar-refractivity contribution in [1.82, 2.24) is 9.97 Å². The van der Waals surface area contributed by atoms with Gasteiger partial charge in [0.2, 0.25) is 13.6 Å². The SMILES string of the molecule is CCOC(=O)OCOc1c(-c2ccc(Oc3ccc(C)cc3)cc2)c(C)nc2cc(CO)c(Cl)cc12.CCOC(=O)OCOc1c(-c2ccc(Oc3ccc(C)cc3)cc2)c(C)nc2cc(CO)c(F)cc12. The van der Waals surface area contributed by atoms with Gasteiger partial charge in [0.15, 0.2) is 0 Å². The molecule has 0 spiro atoms. The van der Waals surface area contributed by atoms with Gasteiger partial charge in [-0.1, -0.05) is 71.3 Å². The van der Waals surface area contributed by atoms with E-state index in [0.29, 0.717) is 77.9 Å². The van der Waals surface area contributed by atoms with Gasteiger partial charge in [-0.3, -0.25) is 9.97 Å². The molecule has 0 radical (unpaired) electrons. The average Bonchev–Trinajstić information content (AvgIpc) is 3.36. The minimum Gasteiger partial charge on any atom is -0.457 e. The number of fused-ring (bicyclic) bond motifs is 2. The number of halogens is 2. The number of aromatic nitrogens is 2. The molecule has 2 N–H and O–H groups in total. The third-order valence-electron chi connectivity index (χ3n) is 11.0. The third kappa shape index (κ3) is 12.9. The summed E-state index contributed by atoms with van der Waals surface area (Å²) in [6, 6.07) is 36.5. The van der Waals surface area contributed by atoms with Crippen LogP contribution in [0.2, 0.25) is 5.02 Å². The fourth-order valence-electron chi connectivity index (χ4n) is 7.51. The van der Waals surface area contributed by atoms with E-state index in [2.05, 4.69) is 4.98 Å². The number of carbonyl (C=O) groups excluding carboxylic acids is 2. The first-order valence-electron chi connectivity index (χ1n) is 22.8. The smallest absolute Gasteiger partial charge is 0.457 e. The highest BCUT2D eigenvalue weighted by Gasteiger charge is 2.21. The molecule has 8 aromatic rings. The Hall–Kier alpha value is -7.98. The lowest BCUT2D eigenvalue weighted by molar-refractivity contribution is 0.00656. The predicted molar refractivity (Wildman–Crippen MR) is 270 cm³/mol. The topological polar surface area (TPSA) is 174 Å². The summed E-state index contributed by atoms with van der Waals surface area (Å²) in [5.41, 5.74) is 8.18. The summed E-state index contributed by atoms with van der Waals surface area (Å²) >= 11 is 6.38. The molecule has 0 fully saturated rings. The molecule has 0 aliphatic carbocycles. The fraction of sp³-hybridized carbons (Fsp3) is 0.214. The molecule has 0 amide bonds. The molecule has 0 atom stereocenters. The Kier molecular flexibility index (Phi) is 17.5. The van der Waals surface area contributed by atoms with Crippen molar-refractivity contribution in [3.05, 3.63) is 166 Å². The van der Waals surface area contributed by atoms with Crippen molar-refractivity contribution < 1.29 is 62.1 Å². The fourth-order valence-corrected chi connectivity index (χ4v) is 7.73. The van der Waals surface area contributed by atoms with E-state index in [4.69, 9.17) is 54.5 Å². The maximum atomic E-state index is 14.6. The van der Waals surface area contributed by atoms with Crippen LogP contribution in [0.3, 0.4) is 0 Å². The number of benzene rings is 6. The zero-order valence-electron chi connectivity index (χ0n) is 40.4. The Balaban J connectivity index is 0.000000211. The molecule has 72 heavy (non-hydrogen) atoms. The van der Waals surface area contributed by atoms with Gasteiger partial charge in [0.05, 0.1) is 37.5 Å². The second-order valence-electron chi connectivity index (χ2n) is 16.1. The van der Waals surface area contributed by atoms with Gasteiger partial charge < -0.3 is 48.1 Å². The Morgan fingerprint density at radius 3 is 1.29 bits per heavy atom. The zero-order valence-corrected chi connectivity index (χ0v) is 41.2. The van der Waals surface area contributed by atoms with E-state index in [1.54, 1.807) is 32.9 Å². The van der Waals surface area contributed by atoms with Gasteiger partial charge in [-0.25, -0.2) is 14.0 Å². The molecule has 14 nitrogen and oxygen atoms in total.